The second kappa shape index (κ2) is 5.74. The number of carbonyl (C=O) groups excluding carboxylic acids is 1. The van der Waals surface area contributed by atoms with Crippen molar-refractivity contribution in [3.63, 3.8) is 0 Å². The molecule has 1 aliphatic rings. The Morgan fingerprint density at radius 2 is 2.00 bits per heavy atom. The fourth-order valence-corrected chi connectivity index (χ4v) is 2.45. The lowest BCUT2D eigenvalue weighted by Gasteiger charge is -2.38. The van der Waals surface area contributed by atoms with Crippen molar-refractivity contribution >= 4 is 5.97 Å². The Kier molecular flexibility index (Phi) is 4.25. The molecule has 0 radical (unpaired) electrons. The first-order valence-corrected chi connectivity index (χ1v) is 6.86. The maximum absolute atomic E-state index is 11.8. The number of hydrogen-bond acceptors (Lipinski definition) is 3. The topological polar surface area (TPSA) is 35.5 Å². The SMILES string of the molecule is CCC(C)c1ccc(CC2(C(=O)OC)COC2)cc1. The van der Waals surface area contributed by atoms with Crippen molar-refractivity contribution in [2.75, 3.05) is 20.3 Å². The Morgan fingerprint density at radius 3 is 2.42 bits per heavy atom. The maximum Gasteiger partial charge on any atom is 0.316 e. The molecule has 2 rings (SSSR count). The molecule has 1 aromatic rings. The van der Waals surface area contributed by atoms with Gasteiger partial charge in [-0.15, -0.1) is 0 Å². The highest BCUT2D eigenvalue weighted by molar-refractivity contribution is 5.78. The minimum absolute atomic E-state index is 0.162. The number of benzene rings is 1. The monoisotopic (exact) mass is 262 g/mol. The second-order valence-corrected chi connectivity index (χ2v) is 5.49. The predicted octanol–water partition coefficient (Wildman–Crippen LogP) is 2.93. The number of carbonyl (C=O) groups is 1. The van der Waals surface area contributed by atoms with Crippen LogP contribution in [0.15, 0.2) is 24.3 Å². The summed E-state index contributed by atoms with van der Waals surface area (Å²) in [7, 11) is 1.44. The van der Waals surface area contributed by atoms with Gasteiger partial charge in [-0.3, -0.25) is 4.79 Å². The van der Waals surface area contributed by atoms with Crippen LogP contribution in [0.4, 0.5) is 0 Å². The van der Waals surface area contributed by atoms with E-state index in [1.165, 1.54) is 18.2 Å². The van der Waals surface area contributed by atoms with E-state index in [2.05, 4.69) is 38.1 Å². The molecule has 0 aromatic heterocycles. The normalized spacial score (nSPS) is 18.5. The molecule has 19 heavy (non-hydrogen) atoms. The molecule has 3 nitrogen and oxygen atoms in total. The molecule has 1 aromatic carbocycles. The standard InChI is InChI=1S/C16H22O3/c1-4-12(2)14-7-5-13(6-8-14)9-16(10-19-11-16)15(17)18-3/h5-8,12H,4,9-11H2,1-3H3. The lowest BCUT2D eigenvalue weighted by Crippen LogP contribution is -2.51. The molecule has 104 valence electrons. The zero-order chi connectivity index (χ0) is 13.9. The van der Waals surface area contributed by atoms with Crippen molar-refractivity contribution in [3.05, 3.63) is 35.4 Å². The largest absolute Gasteiger partial charge is 0.468 e. The van der Waals surface area contributed by atoms with Crippen LogP contribution in [0.25, 0.3) is 0 Å². The first-order valence-electron chi connectivity index (χ1n) is 6.86. The summed E-state index contributed by atoms with van der Waals surface area (Å²) >= 11 is 0. The Balaban J connectivity index is 2.08. The summed E-state index contributed by atoms with van der Waals surface area (Å²) in [6.07, 6.45) is 1.83. The molecule has 1 fully saturated rings. The maximum atomic E-state index is 11.8. The molecule has 1 heterocycles. The van der Waals surface area contributed by atoms with Gasteiger partial charge in [-0.1, -0.05) is 38.1 Å². The van der Waals surface area contributed by atoms with Crippen LogP contribution in [0, 0.1) is 5.41 Å². The van der Waals surface area contributed by atoms with Crippen LogP contribution in [-0.4, -0.2) is 26.3 Å². The van der Waals surface area contributed by atoms with E-state index in [9.17, 15) is 4.79 Å². The average molecular weight is 262 g/mol. The zero-order valence-corrected chi connectivity index (χ0v) is 11.9. The third-order valence-electron chi connectivity index (χ3n) is 4.08. The van der Waals surface area contributed by atoms with Gasteiger partial charge in [0.25, 0.3) is 0 Å². The molecule has 1 atom stereocenters. The second-order valence-electron chi connectivity index (χ2n) is 5.49. The Hall–Kier alpha value is -1.35. The van der Waals surface area contributed by atoms with Crippen LogP contribution in [-0.2, 0) is 20.7 Å². The van der Waals surface area contributed by atoms with Crippen LogP contribution in [0.3, 0.4) is 0 Å². The molecule has 1 aliphatic heterocycles. The van der Waals surface area contributed by atoms with E-state index >= 15 is 0 Å². The van der Waals surface area contributed by atoms with Crippen molar-refractivity contribution in [2.24, 2.45) is 5.41 Å². The molecule has 0 amide bonds. The summed E-state index contributed by atoms with van der Waals surface area (Å²) in [6.45, 7) is 5.35. The van der Waals surface area contributed by atoms with E-state index in [4.69, 9.17) is 9.47 Å². The van der Waals surface area contributed by atoms with Gasteiger partial charge in [0.15, 0.2) is 0 Å². The van der Waals surface area contributed by atoms with Crippen LogP contribution in [0.1, 0.15) is 37.3 Å². The van der Waals surface area contributed by atoms with Gasteiger partial charge in [-0.05, 0) is 29.9 Å². The molecule has 0 spiro atoms. The van der Waals surface area contributed by atoms with Crippen molar-refractivity contribution in [3.8, 4) is 0 Å². The van der Waals surface area contributed by atoms with Crippen LogP contribution in [0.2, 0.25) is 0 Å². The summed E-state index contributed by atoms with van der Waals surface area (Å²) in [5.41, 5.74) is 2.05. The molecule has 0 saturated carbocycles. The number of esters is 1. The van der Waals surface area contributed by atoms with Gasteiger partial charge in [0.2, 0.25) is 0 Å². The molecule has 0 bridgehead atoms. The van der Waals surface area contributed by atoms with E-state index in [-0.39, 0.29) is 5.97 Å². The van der Waals surface area contributed by atoms with E-state index in [0.717, 1.165) is 6.42 Å². The van der Waals surface area contributed by atoms with Crippen LogP contribution >= 0.6 is 0 Å². The molecular weight excluding hydrogens is 240 g/mol. The van der Waals surface area contributed by atoms with E-state index in [1.807, 2.05) is 0 Å². The smallest absolute Gasteiger partial charge is 0.316 e. The highest BCUT2D eigenvalue weighted by Gasteiger charge is 2.47. The lowest BCUT2D eigenvalue weighted by atomic mass is 9.79. The summed E-state index contributed by atoms with van der Waals surface area (Å²) < 4.78 is 10.1. The minimum Gasteiger partial charge on any atom is -0.468 e. The zero-order valence-electron chi connectivity index (χ0n) is 11.9. The Labute approximate surface area is 114 Å². The van der Waals surface area contributed by atoms with Gasteiger partial charge in [0.05, 0.1) is 20.3 Å². The van der Waals surface area contributed by atoms with Crippen LogP contribution < -0.4 is 0 Å². The summed E-state index contributed by atoms with van der Waals surface area (Å²) in [5.74, 6) is 0.417. The van der Waals surface area contributed by atoms with Crippen LogP contribution in [0.5, 0.6) is 0 Å². The average Bonchev–Trinajstić information content (AvgIpc) is 2.41. The highest BCUT2D eigenvalue weighted by atomic mass is 16.5. The third kappa shape index (κ3) is 2.81. The minimum atomic E-state index is -0.466. The van der Waals surface area contributed by atoms with Gasteiger partial charge in [0.1, 0.15) is 5.41 Å². The lowest BCUT2D eigenvalue weighted by molar-refractivity contribution is -0.182. The fourth-order valence-electron chi connectivity index (χ4n) is 2.45. The number of methoxy groups -OCH3 is 1. The van der Waals surface area contributed by atoms with Crippen molar-refractivity contribution < 1.29 is 14.3 Å². The third-order valence-corrected chi connectivity index (χ3v) is 4.08. The molecule has 1 unspecified atom stereocenters. The van der Waals surface area contributed by atoms with Gasteiger partial charge in [0, 0.05) is 0 Å². The van der Waals surface area contributed by atoms with Gasteiger partial charge in [-0.2, -0.15) is 0 Å². The molecular formula is C16H22O3. The van der Waals surface area contributed by atoms with Crippen molar-refractivity contribution in [1.82, 2.24) is 0 Å². The fraction of sp³-hybridized carbons (Fsp3) is 0.562. The number of rotatable bonds is 5. The Morgan fingerprint density at radius 1 is 1.37 bits per heavy atom. The first kappa shape index (κ1) is 14.1. The quantitative estimate of drug-likeness (QED) is 0.765. The predicted molar refractivity (Wildman–Crippen MR) is 74.1 cm³/mol. The molecule has 3 heteroatoms. The van der Waals surface area contributed by atoms with Gasteiger partial charge < -0.3 is 9.47 Å². The molecule has 1 saturated heterocycles. The molecule has 0 aliphatic carbocycles. The summed E-state index contributed by atoms with van der Waals surface area (Å²) in [5, 5.41) is 0. The van der Waals surface area contributed by atoms with E-state index in [1.54, 1.807) is 0 Å². The number of ether oxygens (including phenoxy) is 2. The van der Waals surface area contributed by atoms with Gasteiger partial charge >= 0.3 is 5.97 Å². The summed E-state index contributed by atoms with van der Waals surface area (Å²) in [4.78, 5) is 11.8. The van der Waals surface area contributed by atoms with Crippen molar-refractivity contribution in [1.29, 1.82) is 0 Å². The van der Waals surface area contributed by atoms with Gasteiger partial charge in [-0.25, -0.2) is 0 Å². The molecule has 0 N–H and O–H groups in total. The first-order chi connectivity index (χ1) is 9.11. The summed E-state index contributed by atoms with van der Waals surface area (Å²) in [6, 6.07) is 8.55. The van der Waals surface area contributed by atoms with E-state index in [0.29, 0.717) is 25.6 Å². The van der Waals surface area contributed by atoms with E-state index < -0.39 is 5.41 Å². The Bertz CT molecular complexity index is 432. The number of hydrogen-bond donors (Lipinski definition) is 0. The van der Waals surface area contributed by atoms with Crippen molar-refractivity contribution in [2.45, 2.75) is 32.6 Å². The highest BCUT2D eigenvalue weighted by Crippen LogP contribution is 2.33.